The van der Waals surface area contributed by atoms with E-state index in [4.69, 9.17) is 0 Å². The number of fused-ring (bicyclic) bond motifs is 1. The van der Waals surface area contributed by atoms with Crippen LogP contribution in [0, 0.1) is 0 Å². The van der Waals surface area contributed by atoms with Crippen LogP contribution in [0.4, 0.5) is 0 Å². The van der Waals surface area contributed by atoms with Crippen molar-refractivity contribution in [1.29, 1.82) is 0 Å². The number of nitrogens with zero attached hydrogens (tertiary/aromatic N) is 7. The van der Waals surface area contributed by atoms with Gasteiger partial charge in [0.1, 0.15) is 0 Å². The highest BCUT2D eigenvalue weighted by Gasteiger charge is 2.09. The van der Waals surface area contributed by atoms with E-state index in [1.165, 1.54) is 50.8 Å². The molecule has 3 aromatic heterocycles. The summed E-state index contributed by atoms with van der Waals surface area (Å²) in [4.78, 5) is 68.4. The van der Waals surface area contributed by atoms with Gasteiger partial charge in [-0.05, 0) is 12.1 Å². The van der Waals surface area contributed by atoms with Gasteiger partial charge in [-0.1, -0.05) is 58.2 Å². The highest BCUT2D eigenvalue weighted by molar-refractivity contribution is 5.79. The second kappa shape index (κ2) is 13.5. The van der Waals surface area contributed by atoms with Crippen LogP contribution in [0.3, 0.4) is 0 Å². The minimum Gasteiger partial charge on any atom is -0.276 e. The van der Waals surface area contributed by atoms with Crippen molar-refractivity contribution in [1.82, 2.24) is 32.0 Å². The third-order valence-electron chi connectivity index (χ3n) is 5.38. The predicted molar refractivity (Wildman–Crippen MR) is 165 cm³/mol. The molecule has 0 amide bonds. The number of para-hydroxylation sites is 2. The van der Waals surface area contributed by atoms with Crippen LogP contribution in [-0.4, -0.2) is 32.0 Å². The van der Waals surface area contributed by atoms with Gasteiger partial charge in [-0.25, -0.2) is 42.2 Å². The molecule has 0 spiro atoms. The monoisotopic (exact) mass is 557 g/mol. The van der Waals surface area contributed by atoms with Crippen molar-refractivity contribution in [3.8, 4) is 0 Å². The lowest BCUT2D eigenvalue weighted by Gasteiger charge is -2.04. The van der Waals surface area contributed by atoms with Crippen LogP contribution in [0.5, 0.6) is 0 Å². The topological polar surface area (TPSA) is 137 Å². The Kier molecular flexibility index (Phi) is 10.2. The molecule has 41 heavy (non-hydrogen) atoms. The normalized spacial score (nSPS) is 9.76. The van der Waals surface area contributed by atoms with Crippen LogP contribution in [0.25, 0.3) is 54.4 Å². The second-order valence-corrected chi connectivity index (χ2v) is 7.46. The molecule has 0 aliphatic rings. The molecular weight excluding hydrogens is 530 g/mol. The van der Waals surface area contributed by atoms with Crippen LogP contribution < -0.4 is 34.0 Å². The van der Waals surface area contributed by atoms with Crippen molar-refractivity contribution in [3.63, 3.8) is 0 Å². The first-order valence-corrected chi connectivity index (χ1v) is 11.5. The van der Waals surface area contributed by atoms with Gasteiger partial charge < -0.3 is 0 Å². The van der Waals surface area contributed by atoms with Gasteiger partial charge in [0, 0.05) is 55.7 Å². The van der Waals surface area contributed by atoms with E-state index in [2.05, 4.69) is 46.1 Å². The summed E-state index contributed by atoms with van der Waals surface area (Å²) in [6.07, 6.45) is 9.91. The fraction of sp³-hybridized carbons (Fsp3) is 0. The van der Waals surface area contributed by atoms with Gasteiger partial charge in [0.05, 0.1) is 11.0 Å². The van der Waals surface area contributed by atoms with Gasteiger partial charge in [0.25, 0.3) is 5.56 Å². The molecule has 3 heterocycles. The van der Waals surface area contributed by atoms with E-state index in [0.717, 1.165) is 34.2 Å². The van der Waals surface area contributed by atoms with Gasteiger partial charge in [-0.3, -0.25) is 18.5 Å². The summed E-state index contributed by atoms with van der Waals surface area (Å²) in [6.45, 7) is 23.9. The van der Waals surface area contributed by atoms with E-state index in [-0.39, 0.29) is 5.69 Å². The van der Waals surface area contributed by atoms with E-state index in [1.807, 2.05) is 24.3 Å². The molecule has 13 nitrogen and oxygen atoms in total. The Morgan fingerprint density at radius 2 is 0.756 bits per heavy atom. The molecule has 4 rings (SSSR count). The highest BCUT2D eigenvalue weighted by Crippen LogP contribution is 2.12. The van der Waals surface area contributed by atoms with Gasteiger partial charge in [0.15, 0.2) is 0 Å². The van der Waals surface area contributed by atoms with Crippen LogP contribution >= 0.6 is 0 Å². The lowest BCUT2D eigenvalue weighted by atomic mass is 10.3. The Balaban J connectivity index is 0.000000216. The maximum atomic E-state index is 11.7. The molecule has 0 radical (unpaired) electrons. The Labute approximate surface area is 231 Å². The molecule has 13 heteroatoms. The Hall–Kier alpha value is -6.24. The molecule has 0 aliphatic carbocycles. The number of benzene rings is 1. The van der Waals surface area contributed by atoms with Crippen molar-refractivity contribution in [2.75, 3.05) is 0 Å². The average molecular weight is 558 g/mol. The van der Waals surface area contributed by atoms with Crippen LogP contribution in [0.15, 0.2) is 111 Å². The third-order valence-corrected chi connectivity index (χ3v) is 5.38. The Morgan fingerprint density at radius 3 is 1.07 bits per heavy atom. The lowest BCUT2D eigenvalue weighted by Crippen LogP contribution is -2.50. The third kappa shape index (κ3) is 5.93. The zero-order chi connectivity index (χ0) is 30.9. The molecule has 210 valence electrons. The van der Waals surface area contributed by atoms with Crippen molar-refractivity contribution in [2.45, 2.75) is 0 Å². The summed E-state index contributed by atoms with van der Waals surface area (Å²) in [5.74, 6) is 0. The Morgan fingerprint density at radius 1 is 0.415 bits per heavy atom. The van der Waals surface area contributed by atoms with Crippen molar-refractivity contribution in [2.24, 2.45) is 0 Å². The molecule has 0 N–H and O–H groups in total. The SMILES string of the molecule is C=Cn1c(=O)n(C=C)c(=O)n(C=C)c1=O.C=Cn1c(=O)n(C=C)c2ccccc21.C=Cn1ccc(=O)n(C=C)c1=O. The van der Waals surface area contributed by atoms with Crippen LogP contribution in [-0.2, 0) is 0 Å². The predicted octanol–water partition coefficient (Wildman–Crippen LogP) is 1.69. The van der Waals surface area contributed by atoms with Gasteiger partial charge in [0.2, 0.25) is 0 Å². The summed E-state index contributed by atoms with van der Waals surface area (Å²) in [7, 11) is 0. The first kappa shape index (κ1) is 31.0. The van der Waals surface area contributed by atoms with Gasteiger partial charge in [-0.15, -0.1) is 0 Å². The largest absolute Gasteiger partial charge is 0.344 e. The maximum absolute atomic E-state index is 11.7. The summed E-state index contributed by atoms with van der Waals surface area (Å²) in [5, 5.41) is 0. The minimum atomic E-state index is -0.812. The molecule has 0 saturated carbocycles. The molecule has 0 aliphatic heterocycles. The zero-order valence-corrected chi connectivity index (χ0v) is 22.0. The number of hydrogen-bond donors (Lipinski definition) is 0. The van der Waals surface area contributed by atoms with E-state index >= 15 is 0 Å². The summed E-state index contributed by atoms with van der Waals surface area (Å²) < 4.78 is 7.15. The molecule has 0 saturated heterocycles. The van der Waals surface area contributed by atoms with E-state index in [0.29, 0.717) is 13.7 Å². The first-order valence-electron chi connectivity index (χ1n) is 11.5. The quantitative estimate of drug-likeness (QED) is 0.339. The molecule has 0 atom stereocenters. The van der Waals surface area contributed by atoms with E-state index < -0.39 is 28.3 Å². The van der Waals surface area contributed by atoms with Gasteiger partial charge in [-0.2, -0.15) is 0 Å². The Bertz CT molecular complexity index is 1890. The lowest BCUT2D eigenvalue weighted by molar-refractivity contribution is 0.710. The average Bonchev–Trinajstić information content (AvgIpc) is 3.25. The summed E-state index contributed by atoms with van der Waals surface area (Å²) >= 11 is 0. The van der Waals surface area contributed by atoms with E-state index in [9.17, 15) is 28.8 Å². The maximum Gasteiger partial charge on any atom is 0.344 e. The van der Waals surface area contributed by atoms with Gasteiger partial charge >= 0.3 is 28.4 Å². The number of aromatic nitrogens is 7. The smallest absolute Gasteiger partial charge is 0.276 e. The number of hydrogen-bond acceptors (Lipinski definition) is 6. The van der Waals surface area contributed by atoms with Crippen molar-refractivity contribution < 1.29 is 0 Å². The minimum absolute atomic E-state index is 0.142. The number of imidazole rings is 1. The molecule has 0 unspecified atom stereocenters. The van der Waals surface area contributed by atoms with Crippen LogP contribution in [0.1, 0.15) is 0 Å². The van der Waals surface area contributed by atoms with Crippen molar-refractivity contribution in [3.05, 3.63) is 145 Å². The number of rotatable bonds is 7. The standard InChI is InChI=1S/C11H10N2O.C9H9N3O3.C8H8N2O2/c1-3-12-9-7-5-6-8-10(9)13(4-2)11(12)14;1-4-10-7(13)11(5-2)9(15)12(6-3)8(10)14;1-3-9-6-5-7(11)10(4-2)8(9)12/h3-8H,1-2H2;4-6H,1-3H2;3-6H,1-2H2. The van der Waals surface area contributed by atoms with E-state index in [1.54, 1.807) is 0 Å². The second-order valence-electron chi connectivity index (χ2n) is 7.46. The summed E-state index contributed by atoms with van der Waals surface area (Å²) in [6, 6.07) is 8.78. The molecular formula is C28H27N7O6. The first-order chi connectivity index (χ1) is 19.6. The fourth-order valence-corrected chi connectivity index (χ4v) is 3.42. The van der Waals surface area contributed by atoms with Crippen molar-refractivity contribution >= 4 is 54.4 Å². The van der Waals surface area contributed by atoms with Crippen LogP contribution in [0.2, 0.25) is 0 Å². The molecule has 0 fully saturated rings. The zero-order valence-electron chi connectivity index (χ0n) is 22.0. The fourth-order valence-electron chi connectivity index (χ4n) is 3.42. The molecule has 0 bridgehead atoms. The molecule has 1 aromatic carbocycles. The summed E-state index contributed by atoms with van der Waals surface area (Å²) in [5.41, 5.74) is -1.76. The molecule has 4 aromatic rings. The highest BCUT2D eigenvalue weighted by atomic mass is 16.2.